The van der Waals surface area contributed by atoms with Crippen LogP contribution < -0.4 is 0 Å². The molecule has 2 saturated heterocycles. The summed E-state index contributed by atoms with van der Waals surface area (Å²) < 4.78 is 0. The molecular weight excluding hydrogens is 264 g/mol. The van der Waals surface area contributed by atoms with Crippen molar-refractivity contribution in [3.05, 3.63) is 35.9 Å². The Hall–Kier alpha value is -1.84. The van der Waals surface area contributed by atoms with E-state index < -0.39 is 0 Å². The summed E-state index contributed by atoms with van der Waals surface area (Å²) in [5.74, 6) is 0.407. The average molecular weight is 286 g/mol. The van der Waals surface area contributed by atoms with Gasteiger partial charge in [-0.3, -0.25) is 9.59 Å². The Labute approximate surface area is 125 Å². The van der Waals surface area contributed by atoms with Crippen LogP contribution in [0, 0.1) is 0 Å². The molecule has 0 spiro atoms. The van der Waals surface area contributed by atoms with Crippen molar-refractivity contribution in [2.24, 2.45) is 0 Å². The number of carbonyl (C=O) groups is 2. The molecule has 0 aromatic heterocycles. The number of amides is 2. The number of likely N-dealkylation sites (tertiary alicyclic amines) is 2. The van der Waals surface area contributed by atoms with Crippen molar-refractivity contribution in [3.63, 3.8) is 0 Å². The van der Waals surface area contributed by atoms with Crippen molar-refractivity contribution >= 4 is 11.8 Å². The van der Waals surface area contributed by atoms with Gasteiger partial charge in [0, 0.05) is 38.5 Å². The Morgan fingerprint density at radius 2 is 1.81 bits per heavy atom. The van der Waals surface area contributed by atoms with Gasteiger partial charge in [-0.15, -0.1) is 0 Å². The van der Waals surface area contributed by atoms with Gasteiger partial charge in [0.25, 0.3) is 0 Å². The van der Waals surface area contributed by atoms with Gasteiger partial charge in [-0.2, -0.15) is 0 Å². The van der Waals surface area contributed by atoms with E-state index in [-0.39, 0.29) is 17.9 Å². The lowest BCUT2D eigenvalue weighted by Crippen LogP contribution is -2.50. The van der Waals surface area contributed by atoms with Gasteiger partial charge in [0.1, 0.15) is 0 Å². The van der Waals surface area contributed by atoms with Crippen LogP contribution in [-0.4, -0.2) is 40.7 Å². The zero-order valence-corrected chi connectivity index (χ0v) is 12.3. The molecule has 2 aliphatic heterocycles. The minimum absolute atomic E-state index is 0.123. The van der Waals surface area contributed by atoms with Crippen LogP contribution in [0.25, 0.3) is 0 Å². The van der Waals surface area contributed by atoms with Gasteiger partial charge in [-0.05, 0) is 24.8 Å². The number of benzene rings is 1. The van der Waals surface area contributed by atoms with E-state index in [9.17, 15) is 9.59 Å². The molecule has 4 nitrogen and oxygen atoms in total. The summed E-state index contributed by atoms with van der Waals surface area (Å²) in [7, 11) is 0. The lowest BCUT2D eigenvalue weighted by molar-refractivity contribution is -0.142. The van der Waals surface area contributed by atoms with E-state index in [1.54, 1.807) is 0 Å². The summed E-state index contributed by atoms with van der Waals surface area (Å²) in [6.45, 7) is 2.26. The fourth-order valence-corrected chi connectivity index (χ4v) is 3.31. The molecule has 1 atom stereocenters. The van der Waals surface area contributed by atoms with E-state index in [1.165, 1.54) is 5.56 Å². The van der Waals surface area contributed by atoms with Gasteiger partial charge in [0.2, 0.25) is 11.8 Å². The second-order valence-electron chi connectivity index (χ2n) is 5.99. The van der Waals surface area contributed by atoms with Crippen LogP contribution in [0.15, 0.2) is 30.3 Å². The zero-order chi connectivity index (χ0) is 14.7. The Morgan fingerprint density at radius 3 is 2.52 bits per heavy atom. The number of piperidine rings is 2. The SMILES string of the molecule is O=C1CC(N2CCCCC2=O)CCN1Cc1ccccc1. The first-order valence-electron chi connectivity index (χ1n) is 7.85. The molecule has 2 aliphatic rings. The Balaban J connectivity index is 1.59. The summed E-state index contributed by atoms with van der Waals surface area (Å²) in [5, 5.41) is 0. The minimum Gasteiger partial charge on any atom is -0.339 e. The van der Waals surface area contributed by atoms with Crippen LogP contribution in [-0.2, 0) is 16.1 Å². The first-order valence-corrected chi connectivity index (χ1v) is 7.85. The standard InChI is InChI=1S/C17H22N2O2/c20-16-8-4-5-10-19(16)15-9-11-18(17(21)12-15)13-14-6-2-1-3-7-14/h1-3,6-7,15H,4-5,8-13H2. The molecule has 2 heterocycles. The highest BCUT2D eigenvalue weighted by Gasteiger charge is 2.32. The Bertz CT molecular complexity index is 515. The van der Waals surface area contributed by atoms with E-state index in [0.717, 1.165) is 32.4 Å². The van der Waals surface area contributed by atoms with Crippen molar-refractivity contribution in [3.8, 4) is 0 Å². The third kappa shape index (κ3) is 3.26. The Kier molecular flexibility index (Phi) is 4.23. The first kappa shape index (κ1) is 14.1. The van der Waals surface area contributed by atoms with Crippen LogP contribution in [0.2, 0.25) is 0 Å². The minimum atomic E-state index is 0.123. The third-order valence-electron chi connectivity index (χ3n) is 4.51. The summed E-state index contributed by atoms with van der Waals surface area (Å²) in [6, 6.07) is 10.2. The third-order valence-corrected chi connectivity index (χ3v) is 4.51. The van der Waals surface area contributed by atoms with Crippen LogP contribution in [0.1, 0.15) is 37.7 Å². The fraction of sp³-hybridized carbons (Fsp3) is 0.529. The van der Waals surface area contributed by atoms with E-state index >= 15 is 0 Å². The molecule has 0 bridgehead atoms. The molecule has 0 aliphatic carbocycles. The molecule has 0 radical (unpaired) electrons. The van der Waals surface area contributed by atoms with Gasteiger partial charge < -0.3 is 9.80 Å². The highest BCUT2D eigenvalue weighted by Crippen LogP contribution is 2.23. The van der Waals surface area contributed by atoms with Crippen molar-refractivity contribution in [2.75, 3.05) is 13.1 Å². The second-order valence-corrected chi connectivity index (χ2v) is 5.99. The summed E-state index contributed by atoms with van der Waals surface area (Å²) in [5.41, 5.74) is 1.17. The smallest absolute Gasteiger partial charge is 0.224 e. The van der Waals surface area contributed by atoms with Crippen molar-refractivity contribution in [1.82, 2.24) is 9.80 Å². The highest BCUT2D eigenvalue weighted by molar-refractivity contribution is 5.81. The molecule has 1 aromatic rings. The van der Waals surface area contributed by atoms with Gasteiger partial charge in [0.05, 0.1) is 0 Å². The van der Waals surface area contributed by atoms with E-state index in [0.29, 0.717) is 19.4 Å². The number of hydrogen-bond acceptors (Lipinski definition) is 2. The molecular formula is C17H22N2O2. The van der Waals surface area contributed by atoms with Gasteiger partial charge in [-0.25, -0.2) is 0 Å². The van der Waals surface area contributed by atoms with E-state index in [2.05, 4.69) is 0 Å². The van der Waals surface area contributed by atoms with Crippen molar-refractivity contribution in [1.29, 1.82) is 0 Å². The predicted octanol–water partition coefficient (Wildman–Crippen LogP) is 2.19. The Morgan fingerprint density at radius 1 is 1.00 bits per heavy atom. The lowest BCUT2D eigenvalue weighted by Gasteiger charge is -2.39. The number of hydrogen-bond donors (Lipinski definition) is 0. The normalized spacial score (nSPS) is 23.5. The van der Waals surface area contributed by atoms with E-state index in [1.807, 2.05) is 40.1 Å². The van der Waals surface area contributed by atoms with Gasteiger partial charge in [-0.1, -0.05) is 30.3 Å². The summed E-state index contributed by atoms with van der Waals surface area (Å²) >= 11 is 0. The fourth-order valence-electron chi connectivity index (χ4n) is 3.31. The first-order chi connectivity index (χ1) is 10.2. The highest BCUT2D eigenvalue weighted by atomic mass is 16.2. The number of nitrogens with zero attached hydrogens (tertiary/aromatic N) is 2. The number of rotatable bonds is 3. The molecule has 2 amide bonds. The summed E-state index contributed by atoms with van der Waals surface area (Å²) in [4.78, 5) is 28.2. The van der Waals surface area contributed by atoms with Gasteiger partial charge in [0.15, 0.2) is 0 Å². The quantitative estimate of drug-likeness (QED) is 0.854. The molecule has 3 rings (SSSR count). The number of carbonyl (C=O) groups excluding carboxylic acids is 2. The van der Waals surface area contributed by atoms with Crippen LogP contribution in [0.5, 0.6) is 0 Å². The molecule has 2 fully saturated rings. The lowest BCUT2D eigenvalue weighted by atomic mass is 9.98. The molecule has 1 unspecified atom stereocenters. The van der Waals surface area contributed by atoms with Crippen LogP contribution in [0.4, 0.5) is 0 Å². The largest absolute Gasteiger partial charge is 0.339 e. The van der Waals surface area contributed by atoms with Crippen LogP contribution >= 0.6 is 0 Å². The van der Waals surface area contributed by atoms with Crippen LogP contribution in [0.3, 0.4) is 0 Å². The summed E-state index contributed by atoms with van der Waals surface area (Å²) in [6.07, 6.45) is 4.11. The molecule has 0 saturated carbocycles. The monoisotopic (exact) mass is 286 g/mol. The average Bonchev–Trinajstić information content (AvgIpc) is 2.51. The second kappa shape index (κ2) is 6.29. The maximum Gasteiger partial charge on any atom is 0.224 e. The molecule has 4 heteroatoms. The topological polar surface area (TPSA) is 40.6 Å². The molecule has 0 N–H and O–H groups in total. The molecule has 112 valence electrons. The predicted molar refractivity (Wildman–Crippen MR) is 80.4 cm³/mol. The maximum atomic E-state index is 12.3. The molecule has 21 heavy (non-hydrogen) atoms. The maximum absolute atomic E-state index is 12.3. The zero-order valence-electron chi connectivity index (χ0n) is 12.3. The van der Waals surface area contributed by atoms with E-state index in [4.69, 9.17) is 0 Å². The van der Waals surface area contributed by atoms with Crippen molar-refractivity contribution < 1.29 is 9.59 Å². The van der Waals surface area contributed by atoms with Crippen molar-refractivity contribution in [2.45, 2.75) is 44.7 Å². The van der Waals surface area contributed by atoms with Gasteiger partial charge >= 0.3 is 0 Å². The molecule has 1 aromatic carbocycles.